The van der Waals surface area contributed by atoms with Gasteiger partial charge >= 0.3 is 0 Å². The summed E-state index contributed by atoms with van der Waals surface area (Å²) in [6, 6.07) is 8.90. The van der Waals surface area contributed by atoms with Crippen molar-refractivity contribution in [2.75, 3.05) is 6.54 Å². The van der Waals surface area contributed by atoms with E-state index in [4.69, 9.17) is 0 Å². The standard InChI is InChI=1S/C20H29N3O3/c1-3-20(2,19(26)22-16-12-8-5-9-13-16)23-17(24)14-21-18(25)15-10-6-4-7-11-15/h4,6-7,10-11,16H,3,5,8-9,12-14H2,1-2H3,(H,21,25)(H,22,26)(H,23,24)/t20-/m1/s1. The number of amides is 3. The van der Waals surface area contributed by atoms with E-state index in [-0.39, 0.29) is 30.3 Å². The van der Waals surface area contributed by atoms with Gasteiger partial charge in [0.25, 0.3) is 5.91 Å². The molecule has 6 nitrogen and oxygen atoms in total. The number of rotatable bonds is 7. The van der Waals surface area contributed by atoms with Gasteiger partial charge < -0.3 is 16.0 Å². The van der Waals surface area contributed by atoms with Crippen molar-refractivity contribution in [1.29, 1.82) is 0 Å². The molecule has 0 spiro atoms. The summed E-state index contributed by atoms with van der Waals surface area (Å²) in [5.41, 5.74) is -0.486. The first kappa shape index (κ1) is 19.9. The maximum Gasteiger partial charge on any atom is 0.251 e. The molecule has 0 bridgehead atoms. The van der Waals surface area contributed by atoms with E-state index < -0.39 is 5.54 Å². The van der Waals surface area contributed by atoms with E-state index in [0.717, 1.165) is 25.7 Å². The Balaban J connectivity index is 1.85. The van der Waals surface area contributed by atoms with Gasteiger partial charge in [0.15, 0.2) is 0 Å². The molecule has 0 saturated heterocycles. The fourth-order valence-corrected chi connectivity index (χ4v) is 3.10. The normalized spacial score (nSPS) is 17.0. The molecule has 3 N–H and O–H groups in total. The fraction of sp³-hybridized carbons (Fsp3) is 0.550. The minimum Gasteiger partial charge on any atom is -0.351 e. The highest BCUT2D eigenvalue weighted by Crippen LogP contribution is 2.19. The monoisotopic (exact) mass is 359 g/mol. The summed E-state index contributed by atoms with van der Waals surface area (Å²) in [6.07, 6.45) is 5.94. The summed E-state index contributed by atoms with van der Waals surface area (Å²) in [6.45, 7) is 3.42. The highest BCUT2D eigenvalue weighted by atomic mass is 16.2. The van der Waals surface area contributed by atoms with Crippen molar-refractivity contribution < 1.29 is 14.4 Å². The summed E-state index contributed by atoms with van der Waals surface area (Å²) in [4.78, 5) is 36.9. The van der Waals surface area contributed by atoms with Crippen LogP contribution < -0.4 is 16.0 Å². The minimum absolute atomic E-state index is 0.158. The SMILES string of the molecule is CC[C@@](C)(NC(=O)CNC(=O)c1ccccc1)C(=O)NC1CCCCC1. The number of benzene rings is 1. The van der Waals surface area contributed by atoms with Crippen LogP contribution in [-0.4, -0.2) is 35.8 Å². The number of carbonyl (C=O) groups excluding carboxylic acids is 3. The molecule has 1 aromatic carbocycles. The Morgan fingerprint density at radius 2 is 1.73 bits per heavy atom. The van der Waals surface area contributed by atoms with Crippen molar-refractivity contribution in [2.45, 2.75) is 64.0 Å². The van der Waals surface area contributed by atoms with Gasteiger partial charge in [-0.3, -0.25) is 14.4 Å². The van der Waals surface area contributed by atoms with E-state index in [2.05, 4.69) is 16.0 Å². The molecule has 2 rings (SSSR count). The third kappa shape index (κ3) is 5.58. The lowest BCUT2D eigenvalue weighted by Gasteiger charge is -2.32. The molecular weight excluding hydrogens is 330 g/mol. The van der Waals surface area contributed by atoms with Crippen molar-refractivity contribution in [3.63, 3.8) is 0 Å². The summed E-state index contributed by atoms with van der Waals surface area (Å²) in [7, 11) is 0. The molecule has 1 aliphatic carbocycles. The maximum atomic E-state index is 12.6. The Morgan fingerprint density at radius 3 is 2.35 bits per heavy atom. The Labute approximate surface area is 155 Å². The van der Waals surface area contributed by atoms with Crippen molar-refractivity contribution in [3.05, 3.63) is 35.9 Å². The van der Waals surface area contributed by atoms with E-state index in [1.54, 1.807) is 31.2 Å². The van der Waals surface area contributed by atoms with Crippen LogP contribution in [0.2, 0.25) is 0 Å². The quantitative estimate of drug-likeness (QED) is 0.697. The average molecular weight is 359 g/mol. The predicted octanol–water partition coefficient (Wildman–Crippen LogP) is 2.15. The summed E-state index contributed by atoms with van der Waals surface area (Å²) >= 11 is 0. The lowest BCUT2D eigenvalue weighted by atomic mass is 9.92. The van der Waals surface area contributed by atoms with Crippen LogP contribution in [0.3, 0.4) is 0 Å². The molecule has 142 valence electrons. The minimum atomic E-state index is -0.980. The molecule has 6 heteroatoms. The molecule has 0 unspecified atom stereocenters. The van der Waals surface area contributed by atoms with Gasteiger partial charge in [-0.2, -0.15) is 0 Å². The molecule has 1 fully saturated rings. The van der Waals surface area contributed by atoms with Gasteiger partial charge in [0.1, 0.15) is 5.54 Å². The van der Waals surface area contributed by atoms with Crippen LogP contribution in [0.1, 0.15) is 62.7 Å². The lowest BCUT2D eigenvalue weighted by Crippen LogP contribution is -2.59. The van der Waals surface area contributed by atoms with Gasteiger partial charge in [-0.25, -0.2) is 0 Å². The molecule has 0 heterocycles. The van der Waals surface area contributed by atoms with Gasteiger partial charge in [-0.05, 0) is 38.3 Å². The second-order valence-electron chi connectivity index (χ2n) is 7.09. The van der Waals surface area contributed by atoms with Gasteiger partial charge in [0, 0.05) is 11.6 Å². The molecular formula is C20H29N3O3. The van der Waals surface area contributed by atoms with Crippen LogP contribution in [0, 0.1) is 0 Å². The van der Waals surface area contributed by atoms with Crippen LogP contribution >= 0.6 is 0 Å². The molecule has 1 aromatic rings. The molecule has 1 saturated carbocycles. The molecule has 1 atom stereocenters. The Kier molecular flexibility index (Phi) is 7.18. The smallest absolute Gasteiger partial charge is 0.251 e. The van der Waals surface area contributed by atoms with E-state index >= 15 is 0 Å². The Morgan fingerprint density at radius 1 is 1.08 bits per heavy atom. The predicted molar refractivity (Wildman–Crippen MR) is 101 cm³/mol. The number of hydrogen-bond acceptors (Lipinski definition) is 3. The van der Waals surface area contributed by atoms with E-state index in [9.17, 15) is 14.4 Å². The largest absolute Gasteiger partial charge is 0.351 e. The molecule has 1 aliphatic rings. The third-order valence-corrected chi connectivity index (χ3v) is 5.01. The average Bonchev–Trinajstić information content (AvgIpc) is 2.67. The van der Waals surface area contributed by atoms with E-state index in [0.29, 0.717) is 12.0 Å². The van der Waals surface area contributed by atoms with Crippen LogP contribution in [0.25, 0.3) is 0 Å². The van der Waals surface area contributed by atoms with Crippen molar-refractivity contribution in [1.82, 2.24) is 16.0 Å². The zero-order valence-corrected chi connectivity index (χ0v) is 15.6. The summed E-state index contributed by atoms with van der Waals surface area (Å²) < 4.78 is 0. The van der Waals surface area contributed by atoms with Gasteiger partial charge in [0.2, 0.25) is 11.8 Å². The second kappa shape index (κ2) is 9.36. The zero-order valence-electron chi connectivity index (χ0n) is 15.6. The molecule has 3 amide bonds. The van der Waals surface area contributed by atoms with Crippen molar-refractivity contribution in [2.24, 2.45) is 0 Å². The molecule has 26 heavy (non-hydrogen) atoms. The Bertz CT molecular complexity index is 626. The zero-order chi connectivity index (χ0) is 19.0. The van der Waals surface area contributed by atoms with Crippen LogP contribution in [0.5, 0.6) is 0 Å². The summed E-state index contributed by atoms with van der Waals surface area (Å²) in [5.74, 6) is -0.849. The van der Waals surface area contributed by atoms with Crippen LogP contribution in [0.15, 0.2) is 30.3 Å². The topological polar surface area (TPSA) is 87.3 Å². The highest BCUT2D eigenvalue weighted by molar-refractivity contribution is 5.97. The number of carbonyl (C=O) groups is 3. The van der Waals surface area contributed by atoms with Gasteiger partial charge in [-0.15, -0.1) is 0 Å². The van der Waals surface area contributed by atoms with Gasteiger partial charge in [0.05, 0.1) is 6.54 Å². The summed E-state index contributed by atoms with van der Waals surface area (Å²) in [5, 5.41) is 8.42. The highest BCUT2D eigenvalue weighted by Gasteiger charge is 2.34. The lowest BCUT2D eigenvalue weighted by molar-refractivity contribution is -0.133. The number of hydrogen-bond donors (Lipinski definition) is 3. The van der Waals surface area contributed by atoms with Gasteiger partial charge in [-0.1, -0.05) is 44.4 Å². The molecule has 0 aromatic heterocycles. The molecule has 0 aliphatic heterocycles. The third-order valence-electron chi connectivity index (χ3n) is 5.01. The van der Waals surface area contributed by atoms with E-state index in [1.165, 1.54) is 6.42 Å². The maximum absolute atomic E-state index is 12.6. The van der Waals surface area contributed by atoms with Crippen molar-refractivity contribution in [3.8, 4) is 0 Å². The first-order valence-electron chi connectivity index (χ1n) is 9.40. The van der Waals surface area contributed by atoms with Crippen molar-refractivity contribution >= 4 is 17.7 Å². The molecule has 0 radical (unpaired) electrons. The van der Waals surface area contributed by atoms with Crippen LogP contribution in [-0.2, 0) is 9.59 Å². The van der Waals surface area contributed by atoms with E-state index in [1.807, 2.05) is 13.0 Å². The Hall–Kier alpha value is -2.37. The number of nitrogens with one attached hydrogen (secondary N) is 3. The first-order valence-corrected chi connectivity index (χ1v) is 9.40. The van der Waals surface area contributed by atoms with Crippen LogP contribution in [0.4, 0.5) is 0 Å². The fourth-order valence-electron chi connectivity index (χ4n) is 3.10. The first-order chi connectivity index (χ1) is 12.4. The second-order valence-corrected chi connectivity index (χ2v) is 7.09.